The van der Waals surface area contributed by atoms with Crippen molar-refractivity contribution >= 4 is 11.6 Å². The fourth-order valence-corrected chi connectivity index (χ4v) is 1.13. The summed E-state index contributed by atoms with van der Waals surface area (Å²) in [5.41, 5.74) is -1.25. The van der Waals surface area contributed by atoms with Gasteiger partial charge < -0.3 is 0 Å². The van der Waals surface area contributed by atoms with E-state index in [9.17, 15) is 13.2 Å². The first-order valence-electron chi connectivity index (χ1n) is 3.53. The molecule has 0 fully saturated rings. The predicted octanol–water partition coefficient (Wildman–Crippen LogP) is 2.77. The molecule has 0 radical (unpaired) electrons. The minimum atomic E-state index is -2.82. The Bertz CT molecular complexity index is 387. The van der Waals surface area contributed by atoms with Crippen LogP contribution in [-0.4, -0.2) is 4.98 Å². The molecule has 0 bridgehead atoms. The molecule has 0 saturated heterocycles. The number of pyridine rings is 1. The van der Waals surface area contributed by atoms with Gasteiger partial charge in [-0.2, -0.15) is 9.65 Å². The number of hydrogen-bond donors (Lipinski definition) is 0. The lowest BCUT2D eigenvalue weighted by Crippen LogP contribution is -2.01. The number of rotatable bonds is 2. The SMILES string of the molecule is N#Cc1cc(C(F)F)c(CCl)nc1F. The Labute approximate surface area is 82.9 Å². The molecule has 0 N–H and O–H groups in total. The highest BCUT2D eigenvalue weighted by atomic mass is 35.5. The molecule has 0 aliphatic carbocycles. The third-order valence-corrected chi connectivity index (χ3v) is 1.82. The smallest absolute Gasteiger partial charge is 0.222 e. The second-order valence-electron chi connectivity index (χ2n) is 2.41. The zero-order valence-electron chi connectivity index (χ0n) is 6.77. The molecule has 1 aromatic rings. The van der Waals surface area contributed by atoms with Gasteiger partial charge in [-0.15, -0.1) is 11.6 Å². The highest BCUT2D eigenvalue weighted by Crippen LogP contribution is 2.24. The van der Waals surface area contributed by atoms with Crippen LogP contribution in [0, 0.1) is 17.3 Å². The Morgan fingerprint density at radius 2 is 2.21 bits per heavy atom. The number of nitrogens with zero attached hydrogens (tertiary/aromatic N) is 2. The standard InChI is InChI=1S/C8H4ClF3N2/c9-2-6-5(7(10)11)1-4(3-13)8(12)14-6/h1,7H,2H2. The van der Waals surface area contributed by atoms with Crippen LogP contribution in [0.1, 0.15) is 23.2 Å². The quantitative estimate of drug-likeness (QED) is 0.568. The second kappa shape index (κ2) is 4.29. The van der Waals surface area contributed by atoms with Gasteiger partial charge in [-0.3, -0.25) is 0 Å². The summed E-state index contributed by atoms with van der Waals surface area (Å²) in [4.78, 5) is 3.18. The van der Waals surface area contributed by atoms with Crippen LogP contribution in [0.15, 0.2) is 6.07 Å². The van der Waals surface area contributed by atoms with E-state index in [1.54, 1.807) is 0 Å². The van der Waals surface area contributed by atoms with E-state index in [-0.39, 0.29) is 11.6 Å². The zero-order valence-corrected chi connectivity index (χ0v) is 7.52. The molecule has 0 aliphatic heterocycles. The van der Waals surface area contributed by atoms with Crippen LogP contribution in [0.5, 0.6) is 0 Å². The Morgan fingerprint density at radius 3 is 2.64 bits per heavy atom. The van der Waals surface area contributed by atoms with Crippen LogP contribution in [0.3, 0.4) is 0 Å². The first-order chi connectivity index (χ1) is 6.60. The van der Waals surface area contributed by atoms with Gasteiger partial charge in [0.2, 0.25) is 5.95 Å². The fraction of sp³-hybridized carbons (Fsp3) is 0.250. The summed E-state index contributed by atoms with van der Waals surface area (Å²) in [6.45, 7) is 0. The Balaban J connectivity index is 3.34. The number of halogens is 4. The minimum Gasteiger partial charge on any atom is -0.222 e. The van der Waals surface area contributed by atoms with E-state index >= 15 is 0 Å². The molecule has 0 atom stereocenters. The maximum absolute atomic E-state index is 12.8. The lowest BCUT2D eigenvalue weighted by atomic mass is 10.1. The summed E-state index contributed by atoms with van der Waals surface area (Å²) < 4.78 is 37.5. The summed E-state index contributed by atoms with van der Waals surface area (Å²) in [6.07, 6.45) is -2.82. The molecule has 0 aliphatic rings. The van der Waals surface area contributed by atoms with E-state index in [2.05, 4.69) is 4.98 Å². The molecule has 74 valence electrons. The van der Waals surface area contributed by atoms with Gasteiger partial charge in [0.05, 0.1) is 11.6 Å². The van der Waals surface area contributed by atoms with E-state index in [1.165, 1.54) is 6.07 Å². The number of hydrogen-bond acceptors (Lipinski definition) is 2. The summed E-state index contributed by atoms with van der Waals surface area (Å²) in [5.74, 6) is -1.39. The van der Waals surface area contributed by atoms with Crippen molar-refractivity contribution in [1.82, 2.24) is 4.98 Å². The Hall–Kier alpha value is -1.28. The molecule has 1 aromatic heterocycles. The van der Waals surface area contributed by atoms with E-state index in [1.807, 2.05) is 0 Å². The van der Waals surface area contributed by atoms with Crippen LogP contribution in [0.2, 0.25) is 0 Å². The van der Waals surface area contributed by atoms with Gasteiger partial charge in [-0.1, -0.05) is 0 Å². The number of aromatic nitrogens is 1. The number of nitriles is 1. The van der Waals surface area contributed by atoms with Crippen molar-refractivity contribution in [3.05, 3.63) is 28.8 Å². The van der Waals surface area contributed by atoms with E-state index in [0.29, 0.717) is 0 Å². The summed E-state index contributed by atoms with van der Waals surface area (Å²) in [6, 6.07) is 2.20. The van der Waals surface area contributed by atoms with Crippen molar-refractivity contribution in [3.8, 4) is 6.07 Å². The third kappa shape index (κ3) is 1.96. The van der Waals surface area contributed by atoms with Crippen molar-refractivity contribution in [1.29, 1.82) is 5.26 Å². The average molecular weight is 221 g/mol. The van der Waals surface area contributed by atoms with Crippen LogP contribution in [0.4, 0.5) is 13.2 Å². The van der Waals surface area contributed by atoms with Crippen LogP contribution >= 0.6 is 11.6 Å². The van der Waals surface area contributed by atoms with Crippen molar-refractivity contribution in [2.24, 2.45) is 0 Å². The van der Waals surface area contributed by atoms with Gasteiger partial charge >= 0.3 is 0 Å². The molecule has 0 saturated carbocycles. The highest BCUT2D eigenvalue weighted by Gasteiger charge is 2.17. The molecular formula is C8H4ClF3N2. The molecule has 0 aromatic carbocycles. The first-order valence-corrected chi connectivity index (χ1v) is 4.07. The molecule has 6 heteroatoms. The Morgan fingerprint density at radius 1 is 1.57 bits per heavy atom. The van der Waals surface area contributed by atoms with Gasteiger partial charge in [0, 0.05) is 5.56 Å². The highest BCUT2D eigenvalue weighted by molar-refractivity contribution is 6.17. The lowest BCUT2D eigenvalue weighted by molar-refractivity contribution is 0.149. The lowest BCUT2D eigenvalue weighted by Gasteiger charge is -2.05. The maximum Gasteiger partial charge on any atom is 0.265 e. The van der Waals surface area contributed by atoms with Gasteiger partial charge in [0.15, 0.2) is 0 Å². The average Bonchev–Trinajstić information content (AvgIpc) is 2.16. The monoisotopic (exact) mass is 220 g/mol. The van der Waals surface area contributed by atoms with Crippen molar-refractivity contribution in [3.63, 3.8) is 0 Å². The van der Waals surface area contributed by atoms with Gasteiger partial charge in [0.25, 0.3) is 6.43 Å². The summed E-state index contributed by atoms with van der Waals surface area (Å²) in [5, 5.41) is 8.38. The number of alkyl halides is 3. The van der Waals surface area contributed by atoms with E-state index in [0.717, 1.165) is 6.07 Å². The largest absolute Gasteiger partial charge is 0.265 e. The maximum atomic E-state index is 12.8. The molecular weight excluding hydrogens is 217 g/mol. The molecule has 1 rings (SSSR count). The predicted molar refractivity (Wildman–Crippen MR) is 43.4 cm³/mol. The van der Waals surface area contributed by atoms with Gasteiger partial charge in [-0.05, 0) is 6.07 Å². The van der Waals surface area contributed by atoms with Crippen molar-refractivity contribution in [2.45, 2.75) is 12.3 Å². The first kappa shape index (κ1) is 10.8. The second-order valence-corrected chi connectivity index (χ2v) is 2.68. The summed E-state index contributed by atoms with van der Waals surface area (Å²) in [7, 11) is 0. The fourth-order valence-electron chi connectivity index (χ4n) is 0.916. The van der Waals surface area contributed by atoms with Crippen molar-refractivity contribution in [2.75, 3.05) is 0 Å². The molecule has 14 heavy (non-hydrogen) atoms. The van der Waals surface area contributed by atoms with Crippen LogP contribution in [0.25, 0.3) is 0 Å². The van der Waals surface area contributed by atoms with E-state index in [4.69, 9.17) is 16.9 Å². The zero-order chi connectivity index (χ0) is 10.7. The molecule has 0 unspecified atom stereocenters. The van der Waals surface area contributed by atoms with Gasteiger partial charge in [0.1, 0.15) is 11.6 Å². The normalized spacial score (nSPS) is 10.3. The van der Waals surface area contributed by atoms with Crippen molar-refractivity contribution < 1.29 is 13.2 Å². The molecule has 0 spiro atoms. The topological polar surface area (TPSA) is 36.7 Å². The van der Waals surface area contributed by atoms with Gasteiger partial charge in [-0.25, -0.2) is 13.8 Å². The Kier molecular flexibility index (Phi) is 3.31. The molecule has 0 amide bonds. The van der Waals surface area contributed by atoms with Crippen LogP contribution < -0.4 is 0 Å². The molecule has 2 nitrogen and oxygen atoms in total. The minimum absolute atomic E-state index is 0.238. The van der Waals surface area contributed by atoms with Crippen LogP contribution in [-0.2, 0) is 5.88 Å². The molecule has 1 heterocycles. The summed E-state index contributed by atoms with van der Waals surface area (Å²) >= 11 is 5.30. The van der Waals surface area contributed by atoms with E-state index < -0.39 is 23.5 Å². The third-order valence-electron chi connectivity index (χ3n) is 1.57.